The molecule has 0 bridgehead atoms. The second-order valence-corrected chi connectivity index (χ2v) is 7.57. The number of rotatable bonds is 6. The van der Waals surface area contributed by atoms with E-state index in [-0.39, 0.29) is 11.4 Å². The molecule has 0 aliphatic heterocycles. The van der Waals surface area contributed by atoms with Gasteiger partial charge < -0.3 is 10.4 Å². The summed E-state index contributed by atoms with van der Waals surface area (Å²) in [5.41, 5.74) is 2.43. The number of carbonyl (C=O) groups is 1. The second kappa shape index (κ2) is 8.27. The van der Waals surface area contributed by atoms with E-state index in [1.165, 1.54) is 11.3 Å². The predicted molar refractivity (Wildman–Crippen MR) is 108 cm³/mol. The minimum Gasteiger partial charge on any atom is -0.480 e. The van der Waals surface area contributed by atoms with Crippen LogP contribution in [0.25, 0.3) is 11.3 Å². The summed E-state index contributed by atoms with van der Waals surface area (Å²) in [6.07, 6.45) is 0.187. The molecule has 0 spiro atoms. The monoisotopic (exact) mass is 426 g/mol. The highest BCUT2D eigenvalue weighted by Gasteiger charge is 2.20. The molecule has 2 aromatic carbocycles. The first-order valence-electron chi connectivity index (χ1n) is 7.57. The van der Waals surface area contributed by atoms with E-state index in [1.54, 1.807) is 12.1 Å². The van der Waals surface area contributed by atoms with Crippen molar-refractivity contribution in [3.63, 3.8) is 0 Å². The molecule has 134 valence electrons. The zero-order valence-electron chi connectivity index (χ0n) is 13.2. The largest absolute Gasteiger partial charge is 0.480 e. The zero-order valence-corrected chi connectivity index (χ0v) is 16.3. The molecule has 8 heteroatoms. The smallest absolute Gasteiger partial charge is 0.326 e. The van der Waals surface area contributed by atoms with Crippen molar-refractivity contribution < 1.29 is 9.90 Å². The van der Waals surface area contributed by atoms with Gasteiger partial charge in [0.2, 0.25) is 0 Å². The van der Waals surface area contributed by atoms with Gasteiger partial charge in [0.1, 0.15) is 6.04 Å². The number of nitrogens with one attached hydrogen (secondary N) is 1. The van der Waals surface area contributed by atoms with Crippen LogP contribution in [0, 0.1) is 0 Å². The molecule has 3 rings (SSSR count). The Morgan fingerprint density at radius 2 is 1.81 bits per heavy atom. The van der Waals surface area contributed by atoms with E-state index in [1.807, 2.05) is 35.7 Å². The molecule has 0 saturated carbocycles. The molecule has 4 nitrogen and oxygen atoms in total. The standard InChI is InChI=1S/C18H13Cl3N2O2S/c19-12-6-10(7-13(20)16(12)21)8-14(17(24)25)22-18-23-15(9-26-18)11-4-2-1-3-5-11/h1-7,9,14H,8H2,(H,22,23)(H,24,25). The van der Waals surface area contributed by atoms with E-state index in [0.717, 1.165) is 11.3 Å². The van der Waals surface area contributed by atoms with Gasteiger partial charge in [-0.05, 0) is 17.7 Å². The summed E-state index contributed by atoms with van der Waals surface area (Å²) < 4.78 is 0. The van der Waals surface area contributed by atoms with Crippen LogP contribution in [0.4, 0.5) is 5.13 Å². The lowest BCUT2D eigenvalue weighted by Crippen LogP contribution is -2.31. The summed E-state index contributed by atoms with van der Waals surface area (Å²) in [4.78, 5) is 16.1. The van der Waals surface area contributed by atoms with Gasteiger partial charge in [-0.1, -0.05) is 65.1 Å². The molecule has 0 aliphatic carbocycles. The molecule has 0 amide bonds. The Kier molecular flexibility index (Phi) is 6.04. The van der Waals surface area contributed by atoms with Crippen LogP contribution in [0.15, 0.2) is 47.8 Å². The fourth-order valence-electron chi connectivity index (χ4n) is 2.39. The van der Waals surface area contributed by atoms with Gasteiger partial charge in [0.25, 0.3) is 0 Å². The van der Waals surface area contributed by atoms with E-state index in [4.69, 9.17) is 34.8 Å². The van der Waals surface area contributed by atoms with E-state index in [0.29, 0.717) is 20.7 Å². The van der Waals surface area contributed by atoms with Crippen LogP contribution in [0.5, 0.6) is 0 Å². The molecular weight excluding hydrogens is 415 g/mol. The van der Waals surface area contributed by atoms with Gasteiger partial charge in [-0.15, -0.1) is 11.3 Å². The lowest BCUT2D eigenvalue weighted by molar-refractivity contribution is -0.137. The summed E-state index contributed by atoms with van der Waals surface area (Å²) in [5.74, 6) is -0.997. The fraction of sp³-hybridized carbons (Fsp3) is 0.111. The number of hydrogen-bond acceptors (Lipinski definition) is 4. The van der Waals surface area contributed by atoms with E-state index in [2.05, 4.69) is 10.3 Å². The highest BCUT2D eigenvalue weighted by atomic mass is 35.5. The van der Waals surface area contributed by atoms with Gasteiger partial charge in [0.15, 0.2) is 5.13 Å². The number of thiazole rings is 1. The molecule has 1 unspecified atom stereocenters. The van der Waals surface area contributed by atoms with Crippen molar-refractivity contribution in [3.8, 4) is 11.3 Å². The lowest BCUT2D eigenvalue weighted by atomic mass is 10.1. The van der Waals surface area contributed by atoms with Crippen LogP contribution >= 0.6 is 46.1 Å². The van der Waals surface area contributed by atoms with Gasteiger partial charge in [0, 0.05) is 17.4 Å². The van der Waals surface area contributed by atoms with Crippen LogP contribution in [0.3, 0.4) is 0 Å². The minimum atomic E-state index is -0.997. The molecule has 0 fully saturated rings. The quantitative estimate of drug-likeness (QED) is 0.482. The summed E-state index contributed by atoms with van der Waals surface area (Å²) in [6.45, 7) is 0. The third-order valence-electron chi connectivity index (χ3n) is 3.65. The van der Waals surface area contributed by atoms with Crippen LogP contribution in [0.2, 0.25) is 15.1 Å². The molecule has 26 heavy (non-hydrogen) atoms. The van der Waals surface area contributed by atoms with Crippen molar-refractivity contribution in [1.82, 2.24) is 4.98 Å². The third-order valence-corrected chi connectivity index (χ3v) is 5.62. The average Bonchev–Trinajstić information content (AvgIpc) is 3.08. The molecule has 0 aliphatic rings. The maximum atomic E-state index is 11.6. The Labute approximate surface area is 169 Å². The lowest BCUT2D eigenvalue weighted by Gasteiger charge is -2.14. The van der Waals surface area contributed by atoms with Crippen molar-refractivity contribution >= 4 is 57.2 Å². The van der Waals surface area contributed by atoms with E-state index in [9.17, 15) is 9.90 Å². The van der Waals surface area contributed by atoms with Crippen molar-refractivity contribution in [3.05, 3.63) is 68.5 Å². The Hall–Kier alpha value is -1.79. The fourth-order valence-corrected chi connectivity index (χ4v) is 3.81. The first-order chi connectivity index (χ1) is 12.4. The summed E-state index contributed by atoms with van der Waals surface area (Å²) in [6, 6.07) is 12.0. The van der Waals surface area contributed by atoms with E-state index >= 15 is 0 Å². The number of aromatic nitrogens is 1. The highest BCUT2D eigenvalue weighted by Crippen LogP contribution is 2.32. The molecule has 3 aromatic rings. The number of aliphatic carboxylic acids is 1. The summed E-state index contributed by atoms with van der Waals surface area (Å²) in [7, 11) is 0. The molecule has 0 radical (unpaired) electrons. The number of nitrogens with zero attached hydrogens (tertiary/aromatic N) is 1. The predicted octanol–water partition coefficient (Wildman–Crippen LogP) is 5.88. The van der Waals surface area contributed by atoms with Gasteiger partial charge >= 0.3 is 5.97 Å². The second-order valence-electron chi connectivity index (χ2n) is 5.52. The number of benzene rings is 2. The van der Waals surface area contributed by atoms with Crippen LogP contribution in [-0.4, -0.2) is 22.1 Å². The van der Waals surface area contributed by atoms with Crippen LogP contribution in [-0.2, 0) is 11.2 Å². The molecule has 1 heterocycles. The maximum Gasteiger partial charge on any atom is 0.326 e. The minimum absolute atomic E-state index is 0.187. The Bertz CT molecular complexity index is 908. The summed E-state index contributed by atoms with van der Waals surface area (Å²) >= 11 is 19.3. The Morgan fingerprint density at radius 3 is 2.42 bits per heavy atom. The van der Waals surface area contributed by atoms with Crippen molar-refractivity contribution in [2.24, 2.45) is 0 Å². The maximum absolute atomic E-state index is 11.6. The SMILES string of the molecule is O=C(O)C(Cc1cc(Cl)c(Cl)c(Cl)c1)Nc1nc(-c2ccccc2)cs1. The third kappa shape index (κ3) is 4.48. The van der Waals surface area contributed by atoms with Gasteiger partial charge in [-0.3, -0.25) is 0 Å². The average molecular weight is 428 g/mol. The number of carboxylic acid groups (broad SMARTS) is 1. The van der Waals surface area contributed by atoms with Gasteiger partial charge in [-0.2, -0.15) is 0 Å². The van der Waals surface area contributed by atoms with E-state index < -0.39 is 12.0 Å². The molecule has 2 N–H and O–H groups in total. The Balaban J connectivity index is 1.78. The highest BCUT2D eigenvalue weighted by molar-refractivity contribution is 7.14. The van der Waals surface area contributed by atoms with Crippen molar-refractivity contribution in [2.45, 2.75) is 12.5 Å². The molecular formula is C18H13Cl3N2O2S. The normalized spacial score (nSPS) is 12.0. The van der Waals surface area contributed by atoms with Crippen molar-refractivity contribution in [1.29, 1.82) is 0 Å². The van der Waals surface area contributed by atoms with Crippen LogP contribution in [0.1, 0.15) is 5.56 Å². The first-order valence-corrected chi connectivity index (χ1v) is 9.59. The van der Waals surface area contributed by atoms with Gasteiger partial charge in [0.05, 0.1) is 20.8 Å². The number of anilines is 1. The van der Waals surface area contributed by atoms with Crippen LogP contribution < -0.4 is 5.32 Å². The number of halogens is 3. The van der Waals surface area contributed by atoms with Gasteiger partial charge in [-0.25, -0.2) is 9.78 Å². The first kappa shape index (κ1) is 19.0. The number of hydrogen-bond donors (Lipinski definition) is 2. The molecule has 1 aromatic heterocycles. The molecule has 0 saturated heterocycles. The molecule has 1 atom stereocenters. The van der Waals surface area contributed by atoms with Crippen molar-refractivity contribution in [2.75, 3.05) is 5.32 Å². The summed E-state index contributed by atoms with van der Waals surface area (Å²) in [5, 5.41) is 15.7. The number of carboxylic acids is 1. The Morgan fingerprint density at radius 1 is 1.15 bits per heavy atom. The topological polar surface area (TPSA) is 62.2 Å². The zero-order chi connectivity index (χ0) is 18.7.